The third-order valence-electron chi connectivity index (χ3n) is 4.96. The molecule has 0 bridgehead atoms. The van der Waals surface area contributed by atoms with Gasteiger partial charge in [-0.25, -0.2) is 12.8 Å². The summed E-state index contributed by atoms with van der Waals surface area (Å²) in [6, 6.07) is 16.8. The lowest BCUT2D eigenvalue weighted by atomic mass is 10.1. The molecule has 0 heterocycles. The van der Waals surface area contributed by atoms with Gasteiger partial charge in [0.05, 0.1) is 22.7 Å². The van der Waals surface area contributed by atoms with E-state index in [2.05, 4.69) is 10.0 Å². The summed E-state index contributed by atoms with van der Waals surface area (Å²) in [5.41, 5.74) is 1.51. The standard InChI is InChI=1S/C25H27FN2O4S/c1-16(2)32-20-9-7-8-19(14-20)18(4)27-25(29)22-15-21(13-12-17(22)3)33(30,31)28-24-11-6-5-10-23(24)26/h5-16,18,28H,1-4H3,(H,27,29). The summed E-state index contributed by atoms with van der Waals surface area (Å²) in [6.45, 7) is 7.42. The number of anilines is 1. The fraction of sp³-hybridized carbons (Fsp3) is 0.240. The van der Waals surface area contributed by atoms with Crippen molar-refractivity contribution in [3.8, 4) is 5.75 Å². The third kappa shape index (κ3) is 6.10. The maximum Gasteiger partial charge on any atom is 0.262 e. The molecule has 174 valence electrons. The van der Waals surface area contributed by atoms with Gasteiger partial charge in [-0.2, -0.15) is 0 Å². The minimum atomic E-state index is -4.09. The number of para-hydroxylation sites is 1. The molecule has 0 aliphatic rings. The molecule has 0 saturated carbocycles. The van der Waals surface area contributed by atoms with Crippen LogP contribution in [0.1, 0.15) is 48.3 Å². The summed E-state index contributed by atoms with van der Waals surface area (Å²) in [7, 11) is -4.09. The molecule has 1 amide bonds. The lowest BCUT2D eigenvalue weighted by Gasteiger charge is -2.18. The number of halogens is 1. The second-order valence-corrected chi connectivity index (χ2v) is 9.68. The minimum Gasteiger partial charge on any atom is -0.491 e. The number of hydrogen-bond acceptors (Lipinski definition) is 4. The van der Waals surface area contributed by atoms with Crippen LogP contribution in [0.4, 0.5) is 10.1 Å². The summed E-state index contributed by atoms with van der Waals surface area (Å²) >= 11 is 0. The van der Waals surface area contributed by atoms with Crippen molar-refractivity contribution >= 4 is 21.6 Å². The van der Waals surface area contributed by atoms with Gasteiger partial charge in [0, 0.05) is 5.56 Å². The topological polar surface area (TPSA) is 84.5 Å². The highest BCUT2D eigenvalue weighted by Gasteiger charge is 2.20. The van der Waals surface area contributed by atoms with Crippen LogP contribution in [0.5, 0.6) is 5.75 Å². The first-order valence-electron chi connectivity index (χ1n) is 10.5. The Morgan fingerprint density at radius 2 is 1.70 bits per heavy atom. The average Bonchev–Trinajstić information content (AvgIpc) is 2.75. The van der Waals surface area contributed by atoms with Crippen LogP contribution in [-0.4, -0.2) is 20.4 Å². The zero-order valence-corrected chi connectivity index (χ0v) is 19.7. The van der Waals surface area contributed by atoms with Gasteiger partial charge in [-0.3, -0.25) is 9.52 Å². The Kier molecular flexibility index (Phi) is 7.38. The van der Waals surface area contributed by atoms with Gasteiger partial charge in [-0.1, -0.05) is 30.3 Å². The van der Waals surface area contributed by atoms with Gasteiger partial charge < -0.3 is 10.1 Å². The van der Waals surface area contributed by atoms with Crippen molar-refractivity contribution in [2.75, 3.05) is 4.72 Å². The molecule has 3 aromatic rings. The molecule has 0 radical (unpaired) electrons. The van der Waals surface area contributed by atoms with E-state index in [-0.39, 0.29) is 28.3 Å². The predicted molar refractivity (Wildman–Crippen MR) is 126 cm³/mol. The Labute approximate surface area is 193 Å². The van der Waals surface area contributed by atoms with Crippen LogP contribution in [-0.2, 0) is 10.0 Å². The zero-order valence-electron chi connectivity index (χ0n) is 18.9. The van der Waals surface area contributed by atoms with Gasteiger partial charge >= 0.3 is 0 Å². The third-order valence-corrected chi connectivity index (χ3v) is 6.32. The Balaban J connectivity index is 1.81. The van der Waals surface area contributed by atoms with Crippen molar-refractivity contribution in [2.24, 2.45) is 0 Å². The Morgan fingerprint density at radius 1 is 0.970 bits per heavy atom. The fourth-order valence-electron chi connectivity index (χ4n) is 3.25. The number of carbonyl (C=O) groups excluding carboxylic acids is 1. The Morgan fingerprint density at radius 3 is 2.39 bits per heavy atom. The normalized spacial score (nSPS) is 12.3. The van der Waals surface area contributed by atoms with E-state index in [1.54, 1.807) is 13.0 Å². The quantitative estimate of drug-likeness (QED) is 0.473. The molecule has 8 heteroatoms. The molecule has 0 aliphatic carbocycles. The highest BCUT2D eigenvalue weighted by Crippen LogP contribution is 2.23. The first-order chi connectivity index (χ1) is 15.6. The van der Waals surface area contributed by atoms with Gasteiger partial charge in [0.2, 0.25) is 0 Å². The molecule has 1 unspecified atom stereocenters. The maximum atomic E-state index is 13.9. The number of aryl methyl sites for hydroxylation is 1. The molecule has 0 aliphatic heterocycles. The number of hydrogen-bond donors (Lipinski definition) is 2. The fourth-order valence-corrected chi connectivity index (χ4v) is 4.34. The van der Waals surface area contributed by atoms with Crippen molar-refractivity contribution in [1.82, 2.24) is 5.32 Å². The number of benzene rings is 3. The van der Waals surface area contributed by atoms with Crippen LogP contribution < -0.4 is 14.8 Å². The molecule has 33 heavy (non-hydrogen) atoms. The van der Waals surface area contributed by atoms with E-state index in [0.29, 0.717) is 11.3 Å². The average molecular weight is 471 g/mol. The molecule has 3 rings (SSSR count). The summed E-state index contributed by atoms with van der Waals surface area (Å²) in [4.78, 5) is 12.8. The molecule has 0 aromatic heterocycles. The second-order valence-electron chi connectivity index (χ2n) is 8.00. The van der Waals surface area contributed by atoms with Gasteiger partial charge in [0.25, 0.3) is 15.9 Å². The summed E-state index contributed by atoms with van der Waals surface area (Å²) < 4.78 is 47.4. The molecular formula is C25H27FN2O4S. The van der Waals surface area contributed by atoms with Gasteiger partial charge in [-0.05, 0) is 75.2 Å². The number of rotatable bonds is 8. The Hall–Kier alpha value is -3.39. The SMILES string of the molecule is Cc1ccc(S(=O)(=O)Nc2ccccc2F)cc1C(=O)NC(C)c1cccc(OC(C)C)c1. The molecule has 3 aromatic carbocycles. The first kappa shape index (κ1) is 24.3. The summed E-state index contributed by atoms with van der Waals surface area (Å²) in [5, 5.41) is 2.90. The van der Waals surface area contributed by atoms with E-state index in [0.717, 1.165) is 11.6 Å². The van der Waals surface area contributed by atoms with E-state index in [9.17, 15) is 17.6 Å². The van der Waals surface area contributed by atoms with Gasteiger partial charge in [-0.15, -0.1) is 0 Å². The first-order valence-corrected chi connectivity index (χ1v) is 12.0. The monoisotopic (exact) mass is 470 g/mol. The molecule has 6 nitrogen and oxygen atoms in total. The minimum absolute atomic E-state index is 0.0236. The molecular weight excluding hydrogens is 443 g/mol. The van der Waals surface area contributed by atoms with Crippen LogP contribution in [0.2, 0.25) is 0 Å². The van der Waals surface area contributed by atoms with E-state index < -0.39 is 21.7 Å². The lowest BCUT2D eigenvalue weighted by molar-refractivity contribution is 0.0939. The van der Waals surface area contributed by atoms with Crippen LogP contribution in [0.3, 0.4) is 0 Å². The summed E-state index contributed by atoms with van der Waals surface area (Å²) in [6.07, 6.45) is 0.0236. The second kappa shape index (κ2) is 10.0. The van der Waals surface area contributed by atoms with Crippen molar-refractivity contribution in [3.63, 3.8) is 0 Å². The van der Waals surface area contributed by atoms with Crippen molar-refractivity contribution in [2.45, 2.75) is 44.7 Å². The number of carbonyl (C=O) groups is 1. The van der Waals surface area contributed by atoms with E-state index in [1.165, 1.54) is 30.3 Å². The molecule has 0 spiro atoms. The molecule has 2 N–H and O–H groups in total. The number of nitrogens with one attached hydrogen (secondary N) is 2. The summed E-state index contributed by atoms with van der Waals surface area (Å²) in [5.74, 6) is -0.408. The maximum absolute atomic E-state index is 13.9. The number of ether oxygens (including phenoxy) is 1. The smallest absolute Gasteiger partial charge is 0.262 e. The van der Waals surface area contributed by atoms with Crippen LogP contribution in [0.25, 0.3) is 0 Å². The zero-order chi connectivity index (χ0) is 24.2. The van der Waals surface area contributed by atoms with Crippen molar-refractivity contribution < 1.29 is 22.3 Å². The van der Waals surface area contributed by atoms with Gasteiger partial charge in [0.1, 0.15) is 11.6 Å². The van der Waals surface area contributed by atoms with Gasteiger partial charge in [0.15, 0.2) is 0 Å². The molecule has 0 fully saturated rings. The highest BCUT2D eigenvalue weighted by molar-refractivity contribution is 7.92. The molecule has 0 saturated heterocycles. The van der Waals surface area contributed by atoms with Crippen molar-refractivity contribution in [3.05, 3.63) is 89.2 Å². The van der Waals surface area contributed by atoms with Crippen LogP contribution >= 0.6 is 0 Å². The van der Waals surface area contributed by atoms with E-state index in [1.807, 2.05) is 45.0 Å². The van der Waals surface area contributed by atoms with Crippen molar-refractivity contribution in [1.29, 1.82) is 0 Å². The largest absolute Gasteiger partial charge is 0.491 e. The van der Waals surface area contributed by atoms with Crippen LogP contribution in [0, 0.1) is 12.7 Å². The number of sulfonamides is 1. The highest BCUT2D eigenvalue weighted by atomic mass is 32.2. The van der Waals surface area contributed by atoms with E-state index >= 15 is 0 Å². The predicted octanol–water partition coefficient (Wildman–Crippen LogP) is 5.21. The molecule has 1 atom stereocenters. The van der Waals surface area contributed by atoms with E-state index in [4.69, 9.17) is 4.74 Å². The number of amides is 1. The Bertz CT molecular complexity index is 1260. The van der Waals surface area contributed by atoms with Crippen LogP contribution in [0.15, 0.2) is 71.6 Å². The lowest BCUT2D eigenvalue weighted by Crippen LogP contribution is -2.27.